The van der Waals surface area contributed by atoms with E-state index in [1.165, 1.54) is 6.07 Å². The van der Waals surface area contributed by atoms with Crippen molar-refractivity contribution in [2.24, 2.45) is 5.73 Å². The molecular weight excluding hydrogens is 245 g/mol. The van der Waals surface area contributed by atoms with Crippen LogP contribution < -0.4 is 10.6 Å². The van der Waals surface area contributed by atoms with Crippen LogP contribution in [0.1, 0.15) is 12.0 Å². The number of alkyl halides is 3. The minimum Gasteiger partial charge on any atom is -0.368 e. The highest BCUT2D eigenvalue weighted by molar-refractivity contribution is 5.86. The Kier molecular flexibility index (Phi) is 3.19. The maximum atomic E-state index is 12.6. The number of primary amides is 1. The fraction of sp³-hybridized carbons (Fsp3) is 0.333. The monoisotopic (exact) mass is 257 g/mol. The van der Waals surface area contributed by atoms with Crippen LogP contribution >= 0.6 is 0 Å². The second-order valence-corrected chi connectivity index (χ2v) is 4.11. The van der Waals surface area contributed by atoms with Crippen molar-refractivity contribution in [3.05, 3.63) is 36.2 Å². The Bertz CT molecular complexity index is 459. The molecular formula is C12H12F3N2O. The van der Waals surface area contributed by atoms with Crippen molar-refractivity contribution in [3.8, 4) is 0 Å². The largest absolute Gasteiger partial charge is 0.416 e. The van der Waals surface area contributed by atoms with Crippen molar-refractivity contribution >= 4 is 11.6 Å². The molecule has 1 aliphatic rings. The first-order chi connectivity index (χ1) is 8.39. The van der Waals surface area contributed by atoms with Crippen LogP contribution in [0.15, 0.2) is 24.3 Å². The minimum absolute atomic E-state index is 0.363. The van der Waals surface area contributed by atoms with Crippen molar-refractivity contribution in [1.29, 1.82) is 0 Å². The Hall–Kier alpha value is -1.72. The molecule has 0 spiro atoms. The number of nitrogens with two attached hydrogens (primary N) is 1. The summed E-state index contributed by atoms with van der Waals surface area (Å²) in [5.74, 6) is -0.551. The second kappa shape index (κ2) is 4.51. The molecule has 3 nitrogen and oxygen atoms in total. The van der Waals surface area contributed by atoms with Crippen LogP contribution in [-0.4, -0.2) is 18.5 Å². The van der Waals surface area contributed by atoms with Crippen LogP contribution in [-0.2, 0) is 11.0 Å². The number of carbonyl (C=O) groups is 1. The molecule has 1 atom stereocenters. The molecule has 97 valence electrons. The van der Waals surface area contributed by atoms with E-state index in [2.05, 4.69) is 0 Å². The molecule has 1 fully saturated rings. The number of anilines is 1. The van der Waals surface area contributed by atoms with E-state index in [-0.39, 0.29) is 0 Å². The van der Waals surface area contributed by atoms with E-state index in [4.69, 9.17) is 5.73 Å². The van der Waals surface area contributed by atoms with Gasteiger partial charge in [-0.1, -0.05) is 6.07 Å². The highest BCUT2D eigenvalue weighted by atomic mass is 19.4. The van der Waals surface area contributed by atoms with Crippen LogP contribution in [0.2, 0.25) is 0 Å². The van der Waals surface area contributed by atoms with Crippen molar-refractivity contribution in [3.63, 3.8) is 0 Å². The third-order valence-corrected chi connectivity index (χ3v) is 2.89. The molecule has 2 rings (SSSR count). The van der Waals surface area contributed by atoms with E-state index in [1.54, 1.807) is 17.4 Å². The molecule has 0 saturated carbocycles. The lowest BCUT2D eigenvalue weighted by Crippen LogP contribution is -2.40. The zero-order valence-corrected chi connectivity index (χ0v) is 9.45. The average molecular weight is 257 g/mol. The highest BCUT2D eigenvalue weighted by Gasteiger charge is 2.33. The second-order valence-electron chi connectivity index (χ2n) is 4.11. The van der Waals surface area contributed by atoms with Gasteiger partial charge in [0.1, 0.15) is 6.04 Å². The number of hydrogen-bond acceptors (Lipinski definition) is 2. The van der Waals surface area contributed by atoms with E-state index < -0.39 is 23.7 Å². The Labute approximate surface area is 102 Å². The van der Waals surface area contributed by atoms with Gasteiger partial charge >= 0.3 is 6.18 Å². The normalized spacial score (nSPS) is 20.2. The SMILES string of the molecule is NC(=O)C1[CH]CCN1c1cccc(C(F)(F)F)c1. The van der Waals surface area contributed by atoms with Crippen molar-refractivity contribution in [2.45, 2.75) is 18.6 Å². The summed E-state index contributed by atoms with van der Waals surface area (Å²) >= 11 is 0. The molecule has 0 aliphatic carbocycles. The molecule has 1 aliphatic heterocycles. The first-order valence-corrected chi connectivity index (χ1v) is 5.46. The van der Waals surface area contributed by atoms with E-state index in [0.29, 0.717) is 18.7 Å². The molecule has 2 N–H and O–H groups in total. The zero-order valence-electron chi connectivity index (χ0n) is 9.45. The summed E-state index contributed by atoms with van der Waals surface area (Å²) < 4.78 is 37.8. The van der Waals surface area contributed by atoms with Gasteiger partial charge in [0.15, 0.2) is 0 Å². The summed E-state index contributed by atoms with van der Waals surface area (Å²) in [5.41, 5.74) is 4.85. The molecule has 1 aromatic carbocycles. The van der Waals surface area contributed by atoms with Gasteiger partial charge in [0.05, 0.1) is 5.56 Å². The lowest BCUT2D eigenvalue weighted by molar-refractivity contribution is -0.137. The summed E-state index contributed by atoms with van der Waals surface area (Å²) in [4.78, 5) is 12.8. The van der Waals surface area contributed by atoms with E-state index in [1.807, 2.05) is 0 Å². The fourth-order valence-electron chi connectivity index (χ4n) is 2.06. The Morgan fingerprint density at radius 3 is 2.72 bits per heavy atom. The van der Waals surface area contributed by atoms with Gasteiger partial charge in [-0.15, -0.1) is 0 Å². The summed E-state index contributed by atoms with van der Waals surface area (Å²) in [5, 5.41) is 0. The number of rotatable bonds is 2. The maximum absolute atomic E-state index is 12.6. The highest BCUT2D eigenvalue weighted by Crippen LogP contribution is 2.33. The Balaban J connectivity index is 2.31. The average Bonchev–Trinajstić information content (AvgIpc) is 2.77. The van der Waals surface area contributed by atoms with Gasteiger partial charge in [0.2, 0.25) is 5.91 Å². The number of carbonyl (C=O) groups excluding carboxylic acids is 1. The summed E-state index contributed by atoms with van der Waals surface area (Å²) in [6.45, 7) is 0.495. The molecule has 1 amide bonds. The van der Waals surface area contributed by atoms with Crippen molar-refractivity contribution < 1.29 is 18.0 Å². The molecule has 1 heterocycles. The van der Waals surface area contributed by atoms with Crippen LogP contribution in [0.3, 0.4) is 0 Å². The fourth-order valence-corrected chi connectivity index (χ4v) is 2.06. The Morgan fingerprint density at radius 2 is 2.11 bits per heavy atom. The maximum Gasteiger partial charge on any atom is 0.416 e. The number of amides is 1. The molecule has 1 radical (unpaired) electrons. The van der Waals surface area contributed by atoms with Gasteiger partial charge in [-0.3, -0.25) is 4.79 Å². The predicted molar refractivity (Wildman–Crippen MR) is 60.7 cm³/mol. The summed E-state index contributed by atoms with van der Waals surface area (Å²) in [6.07, 6.45) is -2.05. The van der Waals surface area contributed by atoms with Crippen LogP contribution in [0.5, 0.6) is 0 Å². The van der Waals surface area contributed by atoms with Gasteiger partial charge in [-0.05, 0) is 31.0 Å². The quantitative estimate of drug-likeness (QED) is 0.880. The van der Waals surface area contributed by atoms with E-state index >= 15 is 0 Å². The van der Waals surface area contributed by atoms with Crippen LogP contribution in [0.25, 0.3) is 0 Å². The predicted octanol–water partition coefficient (Wildman–Crippen LogP) is 1.97. The third-order valence-electron chi connectivity index (χ3n) is 2.89. The van der Waals surface area contributed by atoms with E-state index in [9.17, 15) is 18.0 Å². The third kappa shape index (κ3) is 2.42. The van der Waals surface area contributed by atoms with E-state index in [0.717, 1.165) is 12.1 Å². The topological polar surface area (TPSA) is 46.3 Å². The minimum atomic E-state index is -4.39. The molecule has 0 aromatic heterocycles. The van der Waals surface area contributed by atoms with Gasteiger partial charge < -0.3 is 10.6 Å². The number of halogens is 3. The molecule has 1 saturated heterocycles. The van der Waals surface area contributed by atoms with Gasteiger partial charge in [-0.2, -0.15) is 13.2 Å². The van der Waals surface area contributed by atoms with Gasteiger partial charge in [0.25, 0.3) is 0 Å². The van der Waals surface area contributed by atoms with Gasteiger partial charge in [-0.25, -0.2) is 0 Å². The van der Waals surface area contributed by atoms with Crippen LogP contribution in [0.4, 0.5) is 18.9 Å². The molecule has 0 bridgehead atoms. The molecule has 1 unspecified atom stereocenters. The smallest absolute Gasteiger partial charge is 0.368 e. The van der Waals surface area contributed by atoms with Crippen LogP contribution in [0, 0.1) is 6.42 Å². The van der Waals surface area contributed by atoms with Crippen molar-refractivity contribution in [2.75, 3.05) is 11.4 Å². The lowest BCUT2D eigenvalue weighted by atomic mass is 10.1. The molecule has 1 aromatic rings. The first-order valence-electron chi connectivity index (χ1n) is 5.46. The zero-order chi connectivity index (χ0) is 13.3. The molecule has 18 heavy (non-hydrogen) atoms. The standard InChI is InChI=1S/C12H12F3N2O/c13-12(14,15)8-3-1-4-9(7-8)17-6-2-5-10(17)11(16)18/h1,3-5,7,10H,2,6H2,(H2,16,18). The summed E-state index contributed by atoms with van der Waals surface area (Å²) in [7, 11) is 0. The molecule has 6 heteroatoms. The van der Waals surface area contributed by atoms with Gasteiger partial charge in [0, 0.05) is 12.2 Å². The Morgan fingerprint density at radius 1 is 1.39 bits per heavy atom. The number of nitrogens with zero attached hydrogens (tertiary/aromatic N) is 1. The van der Waals surface area contributed by atoms with Crippen molar-refractivity contribution in [1.82, 2.24) is 0 Å². The first kappa shape index (κ1) is 12.7. The summed E-state index contributed by atoms with van der Waals surface area (Å²) in [6, 6.07) is 4.28. The number of benzene rings is 1. The number of hydrogen-bond donors (Lipinski definition) is 1. The lowest BCUT2D eigenvalue weighted by Gasteiger charge is -2.25.